The molecule has 6 heteroatoms. The highest BCUT2D eigenvalue weighted by Gasteiger charge is 2.28. The Morgan fingerprint density at radius 3 is 2.81 bits per heavy atom. The van der Waals surface area contributed by atoms with Crippen LogP contribution in [0, 0.1) is 0 Å². The maximum absolute atomic E-state index is 9.72. The molecule has 0 saturated carbocycles. The minimum atomic E-state index is -0.688. The van der Waals surface area contributed by atoms with E-state index in [0.717, 1.165) is 37.6 Å². The lowest BCUT2D eigenvalue weighted by Gasteiger charge is -2.33. The molecular weight excluding hydrogens is 266 g/mol. The van der Waals surface area contributed by atoms with Gasteiger partial charge in [0.25, 0.3) is 0 Å². The number of fused-ring (bicyclic) bond motifs is 1. The predicted octanol–water partition coefficient (Wildman–Crippen LogP) is 0.330. The quantitative estimate of drug-likeness (QED) is 0.828. The van der Waals surface area contributed by atoms with Crippen molar-refractivity contribution in [1.82, 2.24) is 19.7 Å². The largest absolute Gasteiger partial charge is 0.394 e. The monoisotopic (exact) mass is 287 g/mol. The molecule has 2 heterocycles. The molecule has 3 N–H and O–H groups in total. The van der Waals surface area contributed by atoms with E-state index < -0.39 is 5.54 Å². The normalized spacial score (nSPS) is 18.2. The fraction of sp³-hybridized carbons (Fsp3) is 0.467. The van der Waals surface area contributed by atoms with E-state index in [9.17, 15) is 5.11 Å². The van der Waals surface area contributed by atoms with Gasteiger partial charge >= 0.3 is 0 Å². The first-order chi connectivity index (χ1) is 10.2. The Kier molecular flexibility index (Phi) is 4.01. The third-order valence-electron chi connectivity index (χ3n) is 4.22. The van der Waals surface area contributed by atoms with Crippen LogP contribution >= 0.6 is 0 Å². The van der Waals surface area contributed by atoms with E-state index in [-0.39, 0.29) is 6.61 Å². The Morgan fingerprint density at radius 1 is 1.24 bits per heavy atom. The highest BCUT2D eigenvalue weighted by Crippen LogP contribution is 2.22. The van der Waals surface area contributed by atoms with E-state index in [0.29, 0.717) is 6.42 Å². The van der Waals surface area contributed by atoms with Crippen molar-refractivity contribution in [3.05, 3.63) is 48.0 Å². The second kappa shape index (κ2) is 5.93. The summed E-state index contributed by atoms with van der Waals surface area (Å²) in [4.78, 5) is 2.31. The van der Waals surface area contributed by atoms with Gasteiger partial charge in [0.2, 0.25) is 0 Å². The van der Waals surface area contributed by atoms with Gasteiger partial charge in [0.05, 0.1) is 18.7 Å². The second-order valence-corrected chi connectivity index (χ2v) is 5.65. The number of aliphatic hydroxyl groups excluding tert-OH is 1. The second-order valence-electron chi connectivity index (χ2n) is 5.65. The summed E-state index contributed by atoms with van der Waals surface area (Å²) in [5.41, 5.74) is 6.69. The molecule has 112 valence electrons. The third kappa shape index (κ3) is 2.97. The molecule has 0 radical (unpaired) electrons. The lowest BCUT2D eigenvalue weighted by atomic mass is 9.88. The number of aromatic nitrogens is 3. The topological polar surface area (TPSA) is 80.2 Å². The Hall–Kier alpha value is -1.76. The predicted molar refractivity (Wildman–Crippen MR) is 79.3 cm³/mol. The van der Waals surface area contributed by atoms with Crippen molar-refractivity contribution in [1.29, 1.82) is 0 Å². The molecule has 0 fully saturated rings. The number of nitrogens with two attached hydrogens (primary N) is 1. The first-order valence-electron chi connectivity index (χ1n) is 7.25. The molecule has 0 bridgehead atoms. The molecule has 1 atom stereocenters. The van der Waals surface area contributed by atoms with Crippen molar-refractivity contribution in [2.45, 2.75) is 25.0 Å². The van der Waals surface area contributed by atoms with Crippen LogP contribution in [0.5, 0.6) is 0 Å². The fourth-order valence-electron chi connectivity index (χ4n) is 2.75. The van der Waals surface area contributed by atoms with Crippen molar-refractivity contribution in [2.24, 2.45) is 5.73 Å². The van der Waals surface area contributed by atoms with E-state index in [2.05, 4.69) is 19.7 Å². The first kappa shape index (κ1) is 14.2. The zero-order chi connectivity index (χ0) is 14.7. The summed E-state index contributed by atoms with van der Waals surface area (Å²) < 4.78 is 2.08. The Balaban J connectivity index is 1.64. The van der Waals surface area contributed by atoms with Gasteiger partial charge in [-0.25, -0.2) is 0 Å². The molecule has 6 nitrogen and oxygen atoms in total. The van der Waals surface area contributed by atoms with Crippen LogP contribution in [0.2, 0.25) is 0 Å². The summed E-state index contributed by atoms with van der Waals surface area (Å²) in [5.74, 6) is 0.993. The smallest absolute Gasteiger partial charge is 0.147 e. The summed E-state index contributed by atoms with van der Waals surface area (Å²) in [5, 5.41) is 17.8. The lowest BCUT2D eigenvalue weighted by molar-refractivity contribution is 0.149. The number of hydrogen-bond acceptors (Lipinski definition) is 5. The Bertz CT molecular complexity index is 585. The average molecular weight is 287 g/mol. The van der Waals surface area contributed by atoms with Crippen molar-refractivity contribution < 1.29 is 5.11 Å². The van der Waals surface area contributed by atoms with Gasteiger partial charge in [-0.1, -0.05) is 30.3 Å². The van der Waals surface area contributed by atoms with Gasteiger partial charge in [0.1, 0.15) is 12.2 Å². The Morgan fingerprint density at radius 2 is 2.05 bits per heavy atom. The van der Waals surface area contributed by atoms with Gasteiger partial charge in [-0.3, -0.25) is 4.90 Å². The van der Waals surface area contributed by atoms with Gasteiger partial charge in [-0.15, -0.1) is 10.2 Å². The van der Waals surface area contributed by atoms with Gasteiger partial charge in [0.15, 0.2) is 0 Å². The molecule has 0 aliphatic carbocycles. The zero-order valence-corrected chi connectivity index (χ0v) is 12.0. The first-order valence-corrected chi connectivity index (χ1v) is 7.25. The molecule has 21 heavy (non-hydrogen) atoms. The molecule has 1 unspecified atom stereocenters. The molecule has 1 aromatic heterocycles. The van der Waals surface area contributed by atoms with E-state index in [4.69, 9.17) is 5.73 Å². The number of benzene rings is 1. The molecule has 0 amide bonds. The minimum Gasteiger partial charge on any atom is -0.394 e. The number of rotatable bonds is 5. The SMILES string of the molecule is NC(CO)(CCN1CCn2cnnc2C1)c1ccccc1. The van der Waals surface area contributed by atoms with Crippen molar-refractivity contribution in [3.8, 4) is 0 Å². The number of nitrogens with zero attached hydrogens (tertiary/aromatic N) is 4. The van der Waals surface area contributed by atoms with Gasteiger partial charge < -0.3 is 15.4 Å². The van der Waals surface area contributed by atoms with Crippen molar-refractivity contribution >= 4 is 0 Å². The van der Waals surface area contributed by atoms with Crippen LogP contribution in [0.1, 0.15) is 17.8 Å². The third-order valence-corrected chi connectivity index (χ3v) is 4.22. The van der Waals surface area contributed by atoms with Crippen LogP contribution in [-0.4, -0.2) is 44.5 Å². The fourth-order valence-corrected chi connectivity index (χ4v) is 2.75. The molecule has 0 saturated heterocycles. The molecule has 1 aliphatic rings. The lowest BCUT2D eigenvalue weighted by Crippen LogP contribution is -2.45. The summed E-state index contributed by atoms with van der Waals surface area (Å²) >= 11 is 0. The number of aliphatic hydroxyl groups is 1. The molecule has 1 aromatic carbocycles. The molecule has 0 spiro atoms. The van der Waals surface area contributed by atoms with Crippen LogP contribution < -0.4 is 5.73 Å². The minimum absolute atomic E-state index is 0.0545. The van der Waals surface area contributed by atoms with E-state index in [1.165, 1.54) is 0 Å². The van der Waals surface area contributed by atoms with Crippen LogP contribution in [0.25, 0.3) is 0 Å². The van der Waals surface area contributed by atoms with Crippen LogP contribution in [0.4, 0.5) is 0 Å². The molecular formula is C15H21N5O. The van der Waals surface area contributed by atoms with Crippen molar-refractivity contribution in [3.63, 3.8) is 0 Å². The summed E-state index contributed by atoms with van der Waals surface area (Å²) in [6.07, 6.45) is 2.49. The van der Waals surface area contributed by atoms with E-state index in [1.54, 1.807) is 6.33 Å². The summed E-state index contributed by atoms with van der Waals surface area (Å²) in [7, 11) is 0. The molecule has 1 aliphatic heterocycles. The number of hydrogen-bond donors (Lipinski definition) is 2. The van der Waals surface area contributed by atoms with E-state index in [1.807, 2.05) is 30.3 Å². The van der Waals surface area contributed by atoms with Crippen LogP contribution in [0.3, 0.4) is 0 Å². The molecule has 2 aromatic rings. The zero-order valence-electron chi connectivity index (χ0n) is 12.0. The highest BCUT2D eigenvalue weighted by atomic mass is 16.3. The maximum Gasteiger partial charge on any atom is 0.147 e. The van der Waals surface area contributed by atoms with Gasteiger partial charge in [-0.05, 0) is 12.0 Å². The van der Waals surface area contributed by atoms with Crippen LogP contribution in [-0.2, 0) is 18.6 Å². The molecule has 3 rings (SSSR count). The summed E-state index contributed by atoms with van der Waals surface area (Å²) in [6.45, 7) is 3.43. The average Bonchev–Trinajstić information content (AvgIpc) is 3.01. The maximum atomic E-state index is 9.72. The van der Waals surface area contributed by atoms with Gasteiger partial charge in [0, 0.05) is 19.6 Å². The van der Waals surface area contributed by atoms with Gasteiger partial charge in [-0.2, -0.15) is 0 Å². The Labute approximate surface area is 124 Å². The standard InChI is InChI=1S/C15H21N5O/c16-15(11-21,13-4-2-1-3-5-13)6-7-19-8-9-20-12-17-18-14(20)10-19/h1-5,12,21H,6-11,16H2. The van der Waals surface area contributed by atoms with E-state index >= 15 is 0 Å². The van der Waals surface area contributed by atoms with Crippen LogP contribution in [0.15, 0.2) is 36.7 Å². The van der Waals surface area contributed by atoms with Crippen molar-refractivity contribution in [2.75, 3.05) is 19.7 Å². The highest BCUT2D eigenvalue weighted by molar-refractivity contribution is 5.24. The summed E-state index contributed by atoms with van der Waals surface area (Å²) in [6, 6.07) is 9.82.